The number of rotatable bonds is 4. The lowest BCUT2D eigenvalue weighted by Crippen LogP contribution is -2.34. The summed E-state index contributed by atoms with van der Waals surface area (Å²) in [6.07, 6.45) is 2.08. The maximum atomic E-state index is 13.1. The number of piperidine rings is 1. The molecular formula is C15H21F2NO. The Kier molecular flexibility index (Phi) is 4.88. The van der Waals surface area contributed by atoms with Crippen molar-refractivity contribution in [3.8, 4) is 0 Å². The zero-order valence-electron chi connectivity index (χ0n) is 11.3. The summed E-state index contributed by atoms with van der Waals surface area (Å²) in [4.78, 5) is 2.30. The van der Waals surface area contributed by atoms with Crippen LogP contribution in [0.2, 0.25) is 0 Å². The van der Waals surface area contributed by atoms with Crippen LogP contribution in [0.25, 0.3) is 0 Å². The molecule has 0 aromatic heterocycles. The van der Waals surface area contributed by atoms with Crippen molar-refractivity contribution in [3.05, 3.63) is 35.4 Å². The molecule has 0 amide bonds. The van der Waals surface area contributed by atoms with Gasteiger partial charge in [0, 0.05) is 12.6 Å². The van der Waals surface area contributed by atoms with Gasteiger partial charge in [-0.25, -0.2) is 8.78 Å². The normalized spacial score (nSPS) is 19.6. The minimum absolute atomic E-state index is 0.322. The molecule has 19 heavy (non-hydrogen) atoms. The quantitative estimate of drug-likeness (QED) is 0.907. The largest absolute Gasteiger partial charge is 0.388 e. The Morgan fingerprint density at radius 2 is 1.79 bits per heavy atom. The van der Waals surface area contributed by atoms with Crippen LogP contribution in [0.4, 0.5) is 8.78 Å². The predicted octanol–water partition coefficient (Wildman–Crippen LogP) is 3.12. The number of hydrogen-bond acceptors (Lipinski definition) is 2. The number of likely N-dealkylation sites (tertiary alicyclic amines) is 1. The maximum absolute atomic E-state index is 13.1. The number of aliphatic hydroxyl groups is 1. The molecule has 0 bridgehead atoms. The zero-order valence-corrected chi connectivity index (χ0v) is 11.3. The van der Waals surface area contributed by atoms with Gasteiger partial charge >= 0.3 is 0 Å². The fourth-order valence-electron chi connectivity index (χ4n) is 2.52. The first-order valence-corrected chi connectivity index (χ1v) is 6.91. The minimum atomic E-state index is -0.801. The molecule has 1 unspecified atom stereocenters. The van der Waals surface area contributed by atoms with E-state index in [0.29, 0.717) is 12.0 Å². The van der Waals surface area contributed by atoms with E-state index in [1.54, 1.807) is 0 Å². The van der Waals surface area contributed by atoms with Crippen molar-refractivity contribution in [3.63, 3.8) is 0 Å². The van der Waals surface area contributed by atoms with E-state index < -0.39 is 17.7 Å². The van der Waals surface area contributed by atoms with Gasteiger partial charge in [-0.3, -0.25) is 0 Å². The van der Waals surface area contributed by atoms with Crippen molar-refractivity contribution in [2.45, 2.75) is 32.3 Å². The van der Waals surface area contributed by atoms with Crippen LogP contribution in [0, 0.1) is 17.6 Å². The van der Waals surface area contributed by atoms with E-state index in [1.807, 2.05) is 0 Å². The fraction of sp³-hybridized carbons (Fsp3) is 0.600. The minimum Gasteiger partial charge on any atom is -0.388 e. The molecule has 2 rings (SSSR count). The lowest BCUT2D eigenvalue weighted by molar-refractivity contribution is 0.125. The first kappa shape index (κ1) is 14.4. The summed E-state index contributed by atoms with van der Waals surface area (Å²) in [5, 5.41) is 9.99. The summed E-state index contributed by atoms with van der Waals surface area (Å²) in [6.45, 7) is 5.12. The third-order valence-electron chi connectivity index (χ3n) is 3.86. The molecule has 0 radical (unpaired) electrons. The Balaban J connectivity index is 1.85. The number of hydrogen-bond donors (Lipinski definition) is 1. The van der Waals surface area contributed by atoms with Crippen LogP contribution >= 0.6 is 0 Å². The smallest absolute Gasteiger partial charge is 0.126 e. The van der Waals surface area contributed by atoms with Crippen molar-refractivity contribution in [2.24, 2.45) is 5.92 Å². The summed E-state index contributed by atoms with van der Waals surface area (Å²) in [6, 6.07) is 3.22. The third-order valence-corrected chi connectivity index (χ3v) is 3.86. The molecule has 1 N–H and O–H groups in total. The SMILES string of the molecule is CC1CCN(CCC(O)c2cc(F)cc(F)c2)CC1. The molecule has 1 aliphatic heterocycles. The molecule has 1 atom stereocenters. The lowest BCUT2D eigenvalue weighted by Gasteiger charge is -2.30. The fourth-order valence-corrected chi connectivity index (χ4v) is 2.52. The third kappa shape index (κ3) is 4.25. The molecule has 0 aliphatic carbocycles. The van der Waals surface area contributed by atoms with E-state index in [2.05, 4.69) is 11.8 Å². The van der Waals surface area contributed by atoms with Gasteiger partial charge in [-0.1, -0.05) is 6.92 Å². The van der Waals surface area contributed by atoms with Crippen LogP contribution in [-0.2, 0) is 0 Å². The second kappa shape index (κ2) is 6.44. The monoisotopic (exact) mass is 269 g/mol. The van der Waals surface area contributed by atoms with E-state index in [0.717, 1.165) is 31.6 Å². The summed E-state index contributed by atoms with van der Waals surface area (Å²) >= 11 is 0. The number of nitrogens with zero attached hydrogens (tertiary/aromatic N) is 1. The van der Waals surface area contributed by atoms with E-state index in [-0.39, 0.29) is 0 Å². The van der Waals surface area contributed by atoms with Gasteiger partial charge in [-0.05, 0) is 56.0 Å². The number of aliphatic hydroxyl groups excluding tert-OH is 1. The summed E-state index contributed by atoms with van der Waals surface area (Å²) < 4.78 is 26.1. The zero-order chi connectivity index (χ0) is 13.8. The Hall–Kier alpha value is -1.00. The molecule has 1 aromatic carbocycles. The van der Waals surface area contributed by atoms with E-state index in [4.69, 9.17) is 0 Å². The molecule has 1 saturated heterocycles. The summed E-state index contributed by atoms with van der Waals surface area (Å²) in [5.41, 5.74) is 0.322. The first-order valence-electron chi connectivity index (χ1n) is 6.91. The maximum Gasteiger partial charge on any atom is 0.126 e. The van der Waals surface area contributed by atoms with E-state index in [9.17, 15) is 13.9 Å². The van der Waals surface area contributed by atoms with Crippen molar-refractivity contribution >= 4 is 0 Å². The molecule has 0 saturated carbocycles. The van der Waals surface area contributed by atoms with Crippen LogP contribution in [0.3, 0.4) is 0 Å². The number of halogens is 2. The Labute approximate surface area is 113 Å². The highest BCUT2D eigenvalue weighted by atomic mass is 19.1. The van der Waals surface area contributed by atoms with E-state index >= 15 is 0 Å². The summed E-state index contributed by atoms with van der Waals surface area (Å²) in [5.74, 6) is -0.500. The van der Waals surface area contributed by atoms with Crippen LogP contribution in [0.15, 0.2) is 18.2 Å². The molecule has 1 aromatic rings. The van der Waals surface area contributed by atoms with Gasteiger partial charge < -0.3 is 10.0 Å². The molecule has 1 aliphatic rings. The van der Waals surface area contributed by atoms with Crippen LogP contribution in [0.5, 0.6) is 0 Å². The van der Waals surface area contributed by atoms with Crippen LogP contribution in [-0.4, -0.2) is 29.6 Å². The highest BCUT2D eigenvalue weighted by molar-refractivity contribution is 5.20. The molecule has 106 valence electrons. The molecule has 1 fully saturated rings. The van der Waals surface area contributed by atoms with E-state index in [1.165, 1.54) is 25.0 Å². The van der Waals surface area contributed by atoms with Gasteiger partial charge in [0.15, 0.2) is 0 Å². The molecule has 0 spiro atoms. The lowest BCUT2D eigenvalue weighted by atomic mass is 9.98. The summed E-state index contributed by atoms with van der Waals surface area (Å²) in [7, 11) is 0. The van der Waals surface area contributed by atoms with Crippen molar-refractivity contribution in [2.75, 3.05) is 19.6 Å². The van der Waals surface area contributed by atoms with Gasteiger partial charge in [0.1, 0.15) is 11.6 Å². The standard InChI is InChI=1S/C15H21F2NO/c1-11-2-5-18(6-3-11)7-4-15(19)12-8-13(16)10-14(17)9-12/h8-11,15,19H,2-7H2,1H3. The van der Waals surface area contributed by atoms with Gasteiger partial charge in [-0.2, -0.15) is 0 Å². The molecule has 2 nitrogen and oxygen atoms in total. The Bertz CT molecular complexity index is 396. The van der Waals surface area contributed by atoms with Gasteiger partial charge in [0.25, 0.3) is 0 Å². The molecular weight excluding hydrogens is 248 g/mol. The van der Waals surface area contributed by atoms with Gasteiger partial charge in [0.05, 0.1) is 6.10 Å². The molecule has 4 heteroatoms. The van der Waals surface area contributed by atoms with Gasteiger partial charge in [0.2, 0.25) is 0 Å². The predicted molar refractivity (Wildman–Crippen MR) is 70.8 cm³/mol. The second-order valence-corrected chi connectivity index (χ2v) is 5.53. The van der Waals surface area contributed by atoms with Crippen molar-refractivity contribution in [1.82, 2.24) is 4.90 Å². The second-order valence-electron chi connectivity index (χ2n) is 5.53. The number of benzene rings is 1. The average Bonchev–Trinajstić information content (AvgIpc) is 2.36. The van der Waals surface area contributed by atoms with Crippen LogP contribution in [0.1, 0.15) is 37.9 Å². The Morgan fingerprint density at radius 3 is 2.37 bits per heavy atom. The van der Waals surface area contributed by atoms with Crippen molar-refractivity contribution in [1.29, 1.82) is 0 Å². The highest BCUT2D eigenvalue weighted by Crippen LogP contribution is 2.21. The average molecular weight is 269 g/mol. The topological polar surface area (TPSA) is 23.5 Å². The first-order chi connectivity index (χ1) is 9.04. The highest BCUT2D eigenvalue weighted by Gasteiger charge is 2.17. The van der Waals surface area contributed by atoms with Crippen LogP contribution < -0.4 is 0 Å². The Morgan fingerprint density at radius 1 is 1.21 bits per heavy atom. The van der Waals surface area contributed by atoms with Crippen molar-refractivity contribution < 1.29 is 13.9 Å². The molecule has 1 heterocycles. The van der Waals surface area contributed by atoms with Gasteiger partial charge in [-0.15, -0.1) is 0 Å².